The van der Waals surface area contributed by atoms with Crippen LogP contribution in [0.4, 0.5) is 11.4 Å². The van der Waals surface area contributed by atoms with Crippen LogP contribution >= 0.6 is 0 Å². The molecule has 1 fully saturated rings. The number of nitrogens with one attached hydrogen (secondary N) is 3. The number of carbonyl (C=O) groups is 2. The summed E-state index contributed by atoms with van der Waals surface area (Å²) in [5.41, 5.74) is 1.38. The van der Waals surface area contributed by atoms with Crippen molar-refractivity contribution in [2.75, 3.05) is 43.9 Å². The summed E-state index contributed by atoms with van der Waals surface area (Å²) >= 11 is 0. The average Bonchev–Trinajstić information content (AvgIpc) is 2.76. The van der Waals surface area contributed by atoms with Crippen molar-refractivity contribution in [3.63, 3.8) is 0 Å². The third-order valence-corrected chi connectivity index (χ3v) is 3.83. The fourth-order valence-electron chi connectivity index (χ4n) is 2.74. The molecule has 2 amide bonds. The summed E-state index contributed by atoms with van der Waals surface area (Å²) < 4.78 is 0. The summed E-state index contributed by atoms with van der Waals surface area (Å²) in [5, 5.41) is 8.49. The number of hydrogen-bond acceptors (Lipinski definition) is 4. The van der Waals surface area contributed by atoms with Crippen molar-refractivity contribution in [2.45, 2.75) is 25.7 Å². The zero-order chi connectivity index (χ0) is 16.5. The van der Waals surface area contributed by atoms with E-state index in [1.807, 2.05) is 12.1 Å². The molecule has 6 heteroatoms. The highest BCUT2D eigenvalue weighted by Crippen LogP contribution is 2.15. The molecule has 2 rings (SSSR count). The van der Waals surface area contributed by atoms with Gasteiger partial charge in [0, 0.05) is 11.4 Å². The summed E-state index contributed by atoms with van der Waals surface area (Å²) in [4.78, 5) is 26.0. The number of rotatable bonds is 6. The van der Waals surface area contributed by atoms with Crippen LogP contribution in [0.15, 0.2) is 24.3 Å². The van der Waals surface area contributed by atoms with E-state index in [1.165, 1.54) is 25.7 Å². The third kappa shape index (κ3) is 6.38. The lowest BCUT2D eigenvalue weighted by molar-refractivity contribution is -0.117. The van der Waals surface area contributed by atoms with E-state index in [0.717, 1.165) is 13.1 Å². The minimum Gasteiger partial charge on any atom is -0.325 e. The van der Waals surface area contributed by atoms with Crippen molar-refractivity contribution in [1.82, 2.24) is 10.2 Å². The Bertz CT molecular complexity index is 525. The van der Waals surface area contributed by atoms with Crippen LogP contribution in [0.3, 0.4) is 0 Å². The van der Waals surface area contributed by atoms with E-state index in [2.05, 4.69) is 20.9 Å². The zero-order valence-electron chi connectivity index (χ0n) is 13.7. The topological polar surface area (TPSA) is 73.5 Å². The number of carbonyl (C=O) groups excluding carboxylic acids is 2. The largest absolute Gasteiger partial charge is 0.325 e. The van der Waals surface area contributed by atoms with Crippen LogP contribution in [-0.2, 0) is 9.59 Å². The molecule has 1 aliphatic rings. The van der Waals surface area contributed by atoms with Crippen LogP contribution < -0.4 is 16.0 Å². The van der Waals surface area contributed by atoms with Gasteiger partial charge >= 0.3 is 0 Å². The highest BCUT2D eigenvalue weighted by molar-refractivity contribution is 5.95. The molecule has 1 aromatic rings. The molecule has 0 aromatic heterocycles. The summed E-state index contributed by atoms with van der Waals surface area (Å²) in [7, 11) is 1.72. The molecule has 0 spiro atoms. The van der Waals surface area contributed by atoms with Gasteiger partial charge in [-0.2, -0.15) is 0 Å². The van der Waals surface area contributed by atoms with Crippen molar-refractivity contribution >= 4 is 23.2 Å². The first kappa shape index (κ1) is 17.4. The summed E-state index contributed by atoms with van der Waals surface area (Å²) in [6.45, 7) is 2.67. The molecule has 0 bridgehead atoms. The van der Waals surface area contributed by atoms with E-state index in [4.69, 9.17) is 0 Å². The monoisotopic (exact) mass is 318 g/mol. The van der Waals surface area contributed by atoms with Gasteiger partial charge in [-0.05, 0) is 51.2 Å². The van der Waals surface area contributed by atoms with Crippen LogP contribution in [0.5, 0.6) is 0 Å². The predicted molar refractivity (Wildman–Crippen MR) is 92.5 cm³/mol. The summed E-state index contributed by atoms with van der Waals surface area (Å²) in [5.74, 6) is -0.119. The van der Waals surface area contributed by atoms with Crippen molar-refractivity contribution in [1.29, 1.82) is 0 Å². The number of likely N-dealkylation sites (tertiary alicyclic amines) is 1. The standard InChI is InChI=1S/C17H26N4O2/c1-18-12-16(22)19-14-7-6-8-15(11-14)20-17(23)13-21-9-4-2-3-5-10-21/h6-8,11,18H,2-5,9-10,12-13H2,1H3,(H,19,22)(H,20,23). The van der Waals surface area contributed by atoms with Gasteiger partial charge in [0.25, 0.3) is 0 Å². The molecule has 0 unspecified atom stereocenters. The fourth-order valence-corrected chi connectivity index (χ4v) is 2.74. The van der Waals surface area contributed by atoms with Gasteiger partial charge < -0.3 is 16.0 Å². The van der Waals surface area contributed by atoms with Gasteiger partial charge in [0.15, 0.2) is 0 Å². The molecule has 126 valence electrons. The first-order valence-electron chi connectivity index (χ1n) is 8.24. The molecule has 0 aliphatic carbocycles. The lowest BCUT2D eigenvalue weighted by Gasteiger charge is -2.19. The number of hydrogen-bond donors (Lipinski definition) is 3. The molecule has 1 saturated heterocycles. The molecule has 3 N–H and O–H groups in total. The van der Waals surface area contributed by atoms with E-state index in [0.29, 0.717) is 17.9 Å². The quantitative estimate of drug-likeness (QED) is 0.746. The van der Waals surface area contributed by atoms with Gasteiger partial charge in [-0.25, -0.2) is 0 Å². The second kappa shape index (κ2) is 9.27. The second-order valence-electron chi connectivity index (χ2n) is 5.90. The summed E-state index contributed by atoms with van der Waals surface area (Å²) in [6, 6.07) is 7.22. The SMILES string of the molecule is CNCC(=O)Nc1cccc(NC(=O)CN2CCCCCC2)c1. The first-order chi connectivity index (χ1) is 11.2. The molecular formula is C17H26N4O2. The van der Waals surface area contributed by atoms with Gasteiger partial charge in [-0.3, -0.25) is 14.5 Å². The maximum Gasteiger partial charge on any atom is 0.238 e. The van der Waals surface area contributed by atoms with Crippen LogP contribution in [0.25, 0.3) is 0 Å². The fraction of sp³-hybridized carbons (Fsp3) is 0.529. The lowest BCUT2D eigenvalue weighted by atomic mass is 10.2. The molecule has 1 heterocycles. The van der Waals surface area contributed by atoms with Crippen LogP contribution in [0, 0.1) is 0 Å². The van der Waals surface area contributed by atoms with Gasteiger partial charge in [0.2, 0.25) is 11.8 Å². The normalized spacial score (nSPS) is 15.7. The van der Waals surface area contributed by atoms with E-state index >= 15 is 0 Å². The summed E-state index contributed by atoms with van der Waals surface area (Å²) in [6.07, 6.45) is 4.85. The molecule has 0 atom stereocenters. The number of nitrogens with zero attached hydrogens (tertiary/aromatic N) is 1. The lowest BCUT2D eigenvalue weighted by Crippen LogP contribution is -2.33. The molecular weight excluding hydrogens is 292 g/mol. The van der Waals surface area contributed by atoms with Crippen molar-refractivity contribution in [3.05, 3.63) is 24.3 Å². The Morgan fingerprint density at radius 1 is 1.00 bits per heavy atom. The van der Waals surface area contributed by atoms with Gasteiger partial charge in [-0.1, -0.05) is 18.9 Å². The van der Waals surface area contributed by atoms with Crippen molar-refractivity contribution < 1.29 is 9.59 Å². The minimum absolute atomic E-state index is 0.00870. The molecule has 0 radical (unpaired) electrons. The Morgan fingerprint density at radius 3 is 2.22 bits per heavy atom. The first-order valence-corrected chi connectivity index (χ1v) is 8.24. The number of likely N-dealkylation sites (N-methyl/N-ethyl adjacent to an activating group) is 1. The number of amides is 2. The second-order valence-corrected chi connectivity index (χ2v) is 5.90. The number of anilines is 2. The van der Waals surface area contributed by atoms with E-state index < -0.39 is 0 Å². The smallest absolute Gasteiger partial charge is 0.238 e. The Hall–Kier alpha value is -1.92. The van der Waals surface area contributed by atoms with Crippen LogP contribution in [0.2, 0.25) is 0 Å². The predicted octanol–water partition coefficient (Wildman–Crippen LogP) is 1.66. The minimum atomic E-state index is -0.111. The average molecular weight is 318 g/mol. The van der Waals surface area contributed by atoms with E-state index in [1.54, 1.807) is 19.2 Å². The van der Waals surface area contributed by atoms with Crippen LogP contribution in [-0.4, -0.2) is 49.9 Å². The van der Waals surface area contributed by atoms with Crippen LogP contribution in [0.1, 0.15) is 25.7 Å². The Balaban J connectivity index is 1.86. The highest BCUT2D eigenvalue weighted by atomic mass is 16.2. The Kier molecular flexibility index (Phi) is 7.03. The molecule has 6 nitrogen and oxygen atoms in total. The van der Waals surface area contributed by atoms with Crippen molar-refractivity contribution in [3.8, 4) is 0 Å². The highest BCUT2D eigenvalue weighted by Gasteiger charge is 2.13. The Morgan fingerprint density at radius 2 is 1.61 bits per heavy atom. The van der Waals surface area contributed by atoms with Crippen molar-refractivity contribution in [2.24, 2.45) is 0 Å². The number of benzene rings is 1. The third-order valence-electron chi connectivity index (χ3n) is 3.83. The van der Waals surface area contributed by atoms with E-state index in [-0.39, 0.29) is 18.4 Å². The maximum absolute atomic E-state index is 12.2. The van der Waals surface area contributed by atoms with E-state index in [9.17, 15) is 9.59 Å². The zero-order valence-corrected chi connectivity index (χ0v) is 13.7. The maximum atomic E-state index is 12.2. The Labute approximate surface area is 137 Å². The molecule has 1 aromatic carbocycles. The molecule has 0 saturated carbocycles. The van der Waals surface area contributed by atoms with Gasteiger partial charge in [-0.15, -0.1) is 0 Å². The molecule has 1 aliphatic heterocycles. The van der Waals surface area contributed by atoms with Gasteiger partial charge in [0.05, 0.1) is 13.1 Å². The van der Waals surface area contributed by atoms with Gasteiger partial charge in [0.1, 0.15) is 0 Å². The molecule has 23 heavy (non-hydrogen) atoms.